The van der Waals surface area contributed by atoms with Crippen LogP contribution in [0, 0.1) is 41.8 Å². The monoisotopic (exact) mass is 1640 g/mol. The van der Waals surface area contributed by atoms with Gasteiger partial charge in [-0.05, 0) is 181 Å². The van der Waals surface area contributed by atoms with Gasteiger partial charge in [0.05, 0.1) is 85.4 Å². The van der Waals surface area contributed by atoms with Crippen LogP contribution in [-0.4, -0.2) is 115 Å². The van der Waals surface area contributed by atoms with E-state index in [1.807, 2.05) is 65.3 Å². The standard InChI is InChI=1S/C31H27F2N7O2.C27H23F2N9O.C27H20F2N8OS/c1-16(2)42-23-12-11-20(14-22(23)33)28-26-29(34)35-15-36-30(26)40(38-28)18(4)27-25(19-8-6-9-21(32)13-19)31(41)39-17(3)7-5-10-24(39)37-27;1-14(2)37-11-17(10-33-37)24-22-25(30)31-13-32-26(22)38(35-24)15(3)23-21(16-5-4-6-18(28)9-16)27(39)36-12-19(29)7-8-20(36)34-23;1-14(37-26-22(25(30)32-13-33-26)24(35-37)16-6-9-20(39-2)31-11-16)23-21(15-4-3-5-17(28)10-15)27(38)36-12-18(29)7-8-19(36)34-23/h5-16,18H,1-4H3,(H2,34,35,36);4-15H,1-3H3,(H2,30,31,32);3-14H,1-2H3,(H2,30,32,33). The molecule has 0 saturated carbocycles. The van der Waals surface area contributed by atoms with Crippen molar-refractivity contribution in [3.05, 3.63) is 284 Å². The molecule has 0 aliphatic carbocycles. The van der Waals surface area contributed by atoms with Crippen molar-refractivity contribution in [2.45, 2.75) is 90.7 Å². The molecule has 14 aromatic heterocycles. The number of benzene rings is 4. The third-order valence-electron chi connectivity index (χ3n) is 20.1. The van der Waals surface area contributed by atoms with Crippen LogP contribution in [-0.2, 0) is 0 Å². The Labute approximate surface area is 680 Å². The van der Waals surface area contributed by atoms with Gasteiger partial charge in [-0.2, -0.15) is 20.4 Å². The van der Waals surface area contributed by atoms with Crippen LogP contribution in [0.3, 0.4) is 0 Å². The normalized spacial score (nSPS) is 12.4. The summed E-state index contributed by atoms with van der Waals surface area (Å²) < 4.78 is 102. The smallest absolute Gasteiger partial charge is 0.266 e. The molecule has 6 N–H and O–H groups in total. The number of anilines is 3. The molecule has 3 atom stereocenters. The van der Waals surface area contributed by atoms with Crippen molar-refractivity contribution in [2.24, 2.45) is 0 Å². The Balaban J connectivity index is 0.000000134. The molecule has 14 heterocycles. The summed E-state index contributed by atoms with van der Waals surface area (Å²) in [5.74, 6) is -2.56. The molecule has 602 valence electrons. The number of nitrogens with two attached hydrogens (primary N) is 3. The fraction of sp³-hybridized carbons (Fsp3) is 0.165. The van der Waals surface area contributed by atoms with Gasteiger partial charge in [-0.15, -0.1) is 11.8 Å². The van der Waals surface area contributed by atoms with E-state index in [0.29, 0.717) is 112 Å². The van der Waals surface area contributed by atoms with Gasteiger partial charge in [0.2, 0.25) is 0 Å². The number of halogens is 6. The molecular formula is C85H70F6N24O4S. The van der Waals surface area contributed by atoms with Gasteiger partial charge in [0.1, 0.15) is 99.5 Å². The van der Waals surface area contributed by atoms with Gasteiger partial charge in [0, 0.05) is 53.2 Å². The quantitative estimate of drug-likeness (QED) is 0.0597. The van der Waals surface area contributed by atoms with Crippen LogP contribution in [0.4, 0.5) is 43.8 Å². The lowest BCUT2D eigenvalue weighted by Gasteiger charge is -2.18. The van der Waals surface area contributed by atoms with Crippen LogP contribution in [0.2, 0.25) is 0 Å². The lowest BCUT2D eigenvalue weighted by Crippen LogP contribution is -2.24. The molecule has 0 fully saturated rings. The van der Waals surface area contributed by atoms with E-state index in [0.717, 1.165) is 26.2 Å². The van der Waals surface area contributed by atoms with E-state index in [2.05, 4.69) is 40.0 Å². The van der Waals surface area contributed by atoms with Crippen LogP contribution in [0.5, 0.6) is 5.75 Å². The largest absolute Gasteiger partial charge is 0.488 e. The van der Waals surface area contributed by atoms with Crippen molar-refractivity contribution in [1.29, 1.82) is 0 Å². The van der Waals surface area contributed by atoms with Crippen LogP contribution >= 0.6 is 11.8 Å². The zero-order valence-electron chi connectivity index (χ0n) is 65.3. The average Bonchev–Trinajstić information content (AvgIpc) is 1.51. The van der Waals surface area contributed by atoms with Crippen molar-refractivity contribution in [3.8, 4) is 72.9 Å². The SMILES string of the molecule is CC(C)n1cc(-c2nn(C(C)c3nc4ccc(F)cn4c(=O)c3-c3cccc(F)c3)c3ncnc(N)c23)cn1.CSc1ccc(-c2nn(C(C)c3nc4ccc(F)cn4c(=O)c3-c3cccc(F)c3)c3ncnc(N)c23)cn1.Cc1cccc2nc(C(C)n3nc(-c4ccc(OC(C)C)c(F)c4)c4c(N)ncnc43)c(-c3cccc(F)c3)c(=O)n12. The predicted octanol–water partition coefficient (Wildman–Crippen LogP) is 14.9. The Bertz CT molecular complexity index is 7290. The van der Waals surface area contributed by atoms with E-state index in [1.165, 1.54) is 120 Å². The van der Waals surface area contributed by atoms with Crippen molar-refractivity contribution in [1.82, 2.24) is 102 Å². The maximum Gasteiger partial charge on any atom is 0.266 e. The Morgan fingerprint density at radius 2 is 0.850 bits per heavy atom. The molecule has 0 radical (unpaired) electrons. The molecule has 4 aromatic carbocycles. The van der Waals surface area contributed by atoms with E-state index in [-0.39, 0.29) is 68.9 Å². The zero-order valence-corrected chi connectivity index (χ0v) is 66.1. The fourth-order valence-corrected chi connectivity index (χ4v) is 14.8. The van der Waals surface area contributed by atoms with E-state index >= 15 is 4.39 Å². The Hall–Kier alpha value is -14.9. The molecule has 18 aromatic rings. The minimum atomic E-state index is -0.680. The predicted molar refractivity (Wildman–Crippen MR) is 444 cm³/mol. The first-order valence-corrected chi connectivity index (χ1v) is 38.7. The third kappa shape index (κ3) is 14.6. The van der Waals surface area contributed by atoms with Crippen LogP contribution < -0.4 is 38.6 Å². The van der Waals surface area contributed by atoms with Crippen molar-refractivity contribution < 1.29 is 31.1 Å². The number of hydrogen-bond acceptors (Lipinski definition) is 22. The zero-order chi connectivity index (χ0) is 84.4. The number of rotatable bonds is 16. The Morgan fingerprint density at radius 3 is 1.27 bits per heavy atom. The summed E-state index contributed by atoms with van der Waals surface area (Å²) >= 11 is 1.51. The molecule has 0 aliphatic rings. The molecule has 3 unspecified atom stereocenters. The number of pyridine rings is 4. The minimum absolute atomic E-state index is 0.114. The number of aryl methyl sites for hydroxylation is 1. The van der Waals surface area contributed by atoms with Crippen molar-refractivity contribution >= 4 is 79.3 Å². The topological polar surface area (TPSA) is 352 Å². The minimum Gasteiger partial charge on any atom is -0.488 e. The summed E-state index contributed by atoms with van der Waals surface area (Å²) in [6.07, 6.45) is 13.1. The lowest BCUT2D eigenvalue weighted by atomic mass is 10.0. The number of nitrogens with zero attached hydrogens (tertiary/aromatic N) is 21. The van der Waals surface area contributed by atoms with Gasteiger partial charge in [-0.1, -0.05) is 42.5 Å². The van der Waals surface area contributed by atoms with Gasteiger partial charge in [-0.25, -0.2) is 90.2 Å². The summed E-state index contributed by atoms with van der Waals surface area (Å²) in [6, 6.07) is 34.1. The number of aromatic nitrogens is 21. The van der Waals surface area contributed by atoms with Crippen molar-refractivity contribution in [2.75, 3.05) is 23.5 Å². The number of fused-ring (bicyclic) bond motifs is 6. The van der Waals surface area contributed by atoms with E-state index in [4.69, 9.17) is 52.2 Å². The van der Waals surface area contributed by atoms with E-state index in [1.54, 1.807) is 94.4 Å². The molecule has 18 rings (SSSR count). The van der Waals surface area contributed by atoms with E-state index < -0.39 is 64.1 Å². The molecule has 0 spiro atoms. The first-order chi connectivity index (χ1) is 57.7. The first kappa shape index (κ1) is 79.0. The second-order valence-corrected chi connectivity index (χ2v) is 29.4. The third-order valence-corrected chi connectivity index (χ3v) is 20.7. The summed E-state index contributed by atoms with van der Waals surface area (Å²) in [5, 5.41) is 21.2. The molecule has 28 nitrogen and oxygen atoms in total. The van der Waals surface area contributed by atoms with Gasteiger partial charge in [-0.3, -0.25) is 32.3 Å². The molecule has 120 heavy (non-hydrogen) atoms. The Morgan fingerprint density at radius 1 is 0.417 bits per heavy atom. The number of hydrogen-bond donors (Lipinski definition) is 3. The average molecular weight is 1640 g/mol. The van der Waals surface area contributed by atoms with Gasteiger partial charge >= 0.3 is 0 Å². The van der Waals surface area contributed by atoms with Crippen molar-refractivity contribution in [3.63, 3.8) is 0 Å². The lowest BCUT2D eigenvalue weighted by molar-refractivity contribution is 0.231. The molecular weight excluding hydrogens is 1570 g/mol. The maximum atomic E-state index is 15.0. The van der Waals surface area contributed by atoms with Crippen LogP contribution in [0.15, 0.2) is 215 Å². The van der Waals surface area contributed by atoms with Gasteiger partial charge in [0.15, 0.2) is 28.5 Å². The van der Waals surface area contributed by atoms with E-state index in [9.17, 15) is 36.3 Å². The highest BCUT2D eigenvalue weighted by atomic mass is 32.2. The Kier molecular flexibility index (Phi) is 21.0. The van der Waals surface area contributed by atoms with Gasteiger partial charge < -0.3 is 21.9 Å². The highest BCUT2D eigenvalue weighted by molar-refractivity contribution is 7.98. The molecule has 0 aliphatic heterocycles. The molecule has 0 amide bonds. The first-order valence-electron chi connectivity index (χ1n) is 37.4. The number of ether oxygens (including phenoxy) is 1. The highest BCUT2D eigenvalue weighted by Crippen LogP contribution is 2.41. The molecule has 35 heteroatoms. The number of thioether (sulfide) groups is 1. The van der Waals surface area contributed by atoms with Gasteiger partial charge in [0.25, 0.3) is 16.7 Å². The summed E-state index contributed by atoms with van der Waals surface area (Å²) in [5.41, 5.74) is 25.9. The summed E-state index contributed by atoms with van der Waals surface area (Å²) in [4.78, 5) is 85.9. The van der Waals surface area contributed by atoms with Crippen LogP contribution in [0.25, 0.3) is 117 Å². The molecule has 0 bridgehead atoms. The molecule has 0 saturated heterocycles. The number of nitrogen functional groups attached to an aromatic ring is 3. The summed E-state index contributed by atoms with van der Waals surface area (Å²) in [7, 11) is 0. The summed E-state index contributed by atoms with van der Waals surface area (Å²) in [6.45, 7) is 14.9. The van der Waals surface area contributed by atoms with Crippen LogP contribution in [0.1, 0.15) is 95.4 Å². The maximum absolute atomic E-state index is 15.0. The second kappa shape index (κ2) is 32.0. The second-order valence-electron chi connectivity index (χ2n) is 28.6. The highest BCUT2D eigenvalue weighted by Gasteiger charge is 2.32. The fourth-order valence-electron chi connectivity index (χ4n) is 14.4.